The summed E-state index contributed by atoms with van der Waals surface area (Å²) in [7, 11) is 0. The summed E-state index contributed by atoms with van der Waals surface area (Å²) in [6.45, 7) is 0. The van der Waals surface area contributed by atoms with E-state index in [1.165, 1.54) is 0 Å². The molecule has 72 valence electrons. The van der Waals surface area contributed by atoms with Gasteiger partial charge >= 0.3 is 0 Å². The highest BCUT2D eigenvalue weighted by atomic mass is 35.5. The molecule has 0 spiro atoms. The second-order valence-corrected chi connectivity index (χ2v) is 3.49. The summed E-state index contributed by atoms with van der Waals surface area (Å²) in [5.74, 6) is 0. The van der Waals surface area contributed by atoms with E-state index < -0.39 is 0 Å². The van der Waals surface area contributed by atoms with Gasteiger partial charge in [-0.1, -0.05) is 23.7 Å². The zero-order chi connectivity index (χ0) is 10.7. The predicted molar refractivity (Wildman–Crippen MR) is 59.4 cm³/mol. The summed E-state index contributed by atoms with van der Waals surface area (Å²) < 4.78 is 0. The molecule has 1 heterocycles. The Morgan fingerprint density at radius 1 is 1.20 bits per heavy atom. The molecule has 0 saturated carbocycles. The molecule has 0 N–H and O–H groups in total. The molecular formula is C12H7ClN2. The average Bonchev–Trinajstić information content (AvgIpc) is 2.29. The van der Waals surface area contributed by atoms with Crippen LogP contribution < -0.4 is 0 Å². The van der Waals surface area contributed by atoms with Crippen LogP contribution >= 0.6 is 11.6 Å². The molecule has 2 aromatic rings. The van der Waals surface area contributed by atoms with E-state index in [2.05, 4.69) is 11.1 Å². The molecule has 0 bridgehead atoms. The first-order valence-corrected chi connectivity index (χ1v) is 4.79. The number of rotatable bonds is 1. The fraction of sp³-hybridized carbons (Fsp3) is 0. The van der Waals surface area contributed by atoms with Gasteiger partial charge in [-0.15, -0.1) is 0 Å². The summed E-state index contributed by atoms with van der Waals surface area (Å²) in [5.41, 5.74) is 2.27. The molecule has 0 radical (unpaired) electrons. The molecule has 3 heteroatoms. The van der Waals surface area contributed by atoms with Crippen LogP contribution in [0.1, 0.15) is 5.56 Å². The van der Waals surface area contributed by atoms with Gasteiger partial charge in [-0.3, -0.25) is 4.98 Å². The van der Waals surface area contributed by atoms with Crippen molar-refractivity contribution in [3.8, 4) is 17.3 Å². The van der Waals surface area contributed by atoms with Crippen molar-refractivity contribution < 1.29 is 0 Å². The van der Waals surface area contributed by atoms with Crippen molar-refractivity contribution in [3.05, 3.63) is 53.2 Å². The minimum atomic E-state index is 0.597. The second-order valence-electron chi connectivity index (χ2n) is 3.05. The summed E-state index contributed by atoms with van der Waals surface area (Å²) >= 11 is 5.88. The number of hydrogen-bond donors (Lipinski definition) is 0. The third kappa shape index (κ3) is 2.15. The average molecular weight is 215 g/mol. The maximum absolute atomic E-state index is 8.76. The summed E-state index contributed by atoms with van der Waals surface area (Å²) in [4.78, 5) is 4.19. The van der Waals surface area contributed by atoms with Crippen LogP contribution in [0.25, 0.3) is 11.3 Å². The first-order chi connectivity index (χ1) is 7.29. The Morgan fingerprint density at radius 2 is 2.07 bits per heavy atom. The third-order valence-electron chi connectivity index (χ3n) is 2.01. The Balaban J connectivity index is 2.50. The number of nitrogens with zero attached hydrogens (tertiary/aromatic N) is 2. The molecule has 1 aromatic heterocycles. The van der Waals surface area contributed by atoms with Crippen molar-refractivity contribution >= 4 is 11.6 Å². The number of pyridine rings is 1. The molecule has 15 heavy (non-hydrogen) atoms. The van der Waals surface area contributed by atoms with Gasteiger partial charge in [-0.05, 0) is 24.3 Å². The van der Waals surface area contributed by atoms with Gasteiger partial charge in [0.1, 0.15) is 0 Å². The lowest BCUT2D eigenvalue weighted by Gasteiger charge is -2.00. The van der Waals surface area contributed by atoms with E-state index in [4.69, 9.17) is 16.9 Å². The monoisotopic (exact) mass is 214 g/mol. The molecule has 1 aromatic carbocycles. The van der Waals surface area contributed by atoms with E-state index in [-0.39, 0.29) is 0 Å². The molecule has 0 aliphatic carbocycles. The van der Waals surface area contributed by atoms with Crippen molar-refractivity contribution in [2.75, 3.05) is 0 Å². The van der Waals surface area contributed by atoms with Crippen LogP contribution in [0.5, 0.6) is 0 Å². The van der Waals surface area contributed by atoms with Crippen LogP contribution in [-0.4, -0.2) is 4.98 Å². The van der Waals surface area contributed by atoms with Crippen LogP contribution in [0, 0.1) is 11.3 Å². The minimum Gasteiger partial charge on any atom is -0.256 e. The number of halogens is 1. The highest BCUT2D eigenvalue weighted by Crippen LogP contribution is 2.21. The van der Waals surface area contributed by atoms with E-state index in [1.807, 2.05) is 18.2 Å². The van der Waals surface area contributed by atoms with E-state index in [0.29, 0.717) is 10.6 Å². The van der Waals surface area contributed by atoms with Gasteiger partial charge in [-0.25, -0.2) is 0 Å². The number of nitriles is 1. The van der Waals surface area contributed by atoms with Gasteiger partial charge in [0.25, 0.3) is 0 Å². The van der Waals surface area contributed by atoms with Gasteiger partial charge in [0.15, 0.2) is 0 Å². The lowest BCUT2D eigenvalue weighted by atomic mass is 10.1. The lowest BCUT2D eigenvalue weighted by molar-refractivity contribution is 1.31. The molecule has 0 amide bonds. The quantitative estimate of drug-likeness (QED) is 0.731. The third-order valence-corrected chi connectivity index (χ3v) is 2.24. The number of hydrogen-bond acceptors (Lipinski definition) is 2. The topological polar surface area (TPSA) is 36.7 Å². The Hall–Kier alpha value is -1.85. The first-order valence-electron chi connectivity index (χ1n) is 4.42. The number of aromatic nitrogens is 1. The van der Waals surface area contributed by atoms with E-state index in [9.17, 15) is 0 Å². The normalized spacial score (nSPS) is 9.60. The molecule has 0 saturated heterocycles. The van der Waals surface area contributed by atoms with Gasteiger partial charge in [-0.2, -0.15) is 5.26 Å². The highest BCUT2D eigenvalue weighted by molar-refractivity contribution is 6.30. The fourth-order valence-corrected chi connectivity index (χ4v) is 1.50. The molecule has 0 aliphatic heterocycles. The first kappa shape index (κ1) is 9.70. The van der Waals surface area contributed by atoms with Crippen LogP contribution in [0.15, 0.2) is 42.6 Å². The highest BCUT2D eigenvalue weighted by Gasteiger charge is 2.00. The van der Waals surface area contributed by atoms with Gasteiger partial charge in [0, 0.05) is 16.8 Å². The molecule has 0 fully saturated rings. The molecule has 2 rings (SSSR count). The van der Waals surface area contributed by atoms with Gasteiger partial charge < -0.3 is 0 Å². The van der Waals surface area contributed by atoms with Crippen molar-refractivity contribution in [1.82, 2.24) is 4.98 Å². The van der Waals surface area contributed by atoms with Crippen molar-refractivity contribution in [2.24, 2.45) is 0 Å². The molecule has 0 aliphatic rings. The van der Waals surface area contributed by atoms with Crippen LogP contribution in [-0.2, 0) is 0 Å². The van der Waals surface area contributed by atoms with Crippen LogP contribution in [0.3, 0.4) is 0 Å². The zero-order valence-corrected chi connectivity index (χ0v) is 8.57. The zero-order valence-electron chi connectivity index (χ0n) is 7.81. The summed E-state index contributed by atoms with van der Waals surface area (Å²) in [6, 6.07) is 12.9. The van der Waals surface area contributed by atoms with Gasteiger partial charge in [0.05, 0.1) is 17.3 Å². The maximum atomic E-state index is 8.76. The molecule has 0 unspecified atom stereocenters. The minimum absolute atomic E-state index is 0.597. The Labute approximate surface area is 92.8 Å². The van der Waals surface area contributed by atoms with Crippen LogP contribution in [0.2, 0.25) is 5.02 Å². The molecular weight excluding hydrogens is 208 g/mol. The molecule has 2 nitrogen and oxygen atoms in total. The maximum Gasteiger partial charge on any atom is 0.0992 e. The van der Waals surface area contributed by atoms with Gasteiger partial charge in [0.2, 0.25) is 0 Å². The SMILES string of the molecule is N#Cc1ccnc(-c2cccc(Cl)c2)c1. The van der Waals surface area contributed by atoms with Crippen molar-refractivity contribution in [1.29, 1.82) is 5.26 Å². The standard InChI is InChI=1S/C12H7ClN2/c13-11-3-1-2-10(7-11)12-6-9(8-14)4-5-15-12/h1-7H. The Kier molecular flexibility index (Phi) is 2.66. The van der Waals surface area contributed by atoms with Crippen LogP contribution in [0.4, 0.5) is 0 Å². The van der Waals surface area contributed by atoms with Crippen molar-refractivity contribution in [2.45, 2.75) is 0 Å². The number of benzene rings is 1. The largest absolute Gasteiger partial charge is 0.256 e. The Bertz CT molecular complexity index is 529. The summed E-state index contributed by atoms with van der Waals surface area (Å²) in [6.07, 6.45) is 1.62. The van der Waals surface area contributed by atoms with E-state index in [0.717, 1.165) is 11.3 Å². The van der Waals surface area contributed by atoms with E-state index in [1.54, 1.807) is 24.4 Å². The smallest absolute Gasteiger partial charge is 0.0992 e. The summed E-state index contributed by atoms with van der Waals surface area (Å²) in [5, 5.41) is 9.42. The fourth-order valence-electron chi connectivity index (χ4n) is 1.31. The lowest BCUT2D eigenvalue weighted by Crippen LogP contribution is -1.84. The molecule has 0 atom stereocenters. The predicted octanol–water partition coefficient (Wildman–Crippen LogP) is 3.27. The van der Waals surface area contributed by atoms with E-state index >= 15 is 0 Å². The second kappa shape index (κ2) is 4.12. The Morgan fingerprint density at radius 3 is 2.80 bits per heavy atom. The van der Waals surface area contributed by atoms with Crippen molar-refractivity contribution in [3.63, 3.8) is 0 Å².